The Labute approximate surface area is 221 Å². The maximum Gasteiger partial charge on any atom is 0.273 e. The van der Waals surface area contributed by atoms with E-state index in [1.807, 2.05) is 11.8 Å². The van der Waals surface area contributed by atoms with Crippen molar-refractivity contribution in [2.45, 2.75) is 45.2 Å². The number of halogens is 2. The van der Waals surface area contributed by atoms with E-state index < -0.39 is 0 Å². The van der Waals surface area contributed by atoms with Gasteiger partial charge in [-0.2, -0.15) is 0 Å². The van der Waals surface area contributed by atoms with Gasteiger partial charge in [0, 0.05) is 61.9 Å². The van der Waals surface area contributed by atoms with Crippen LogP contribution in [0.3, 0.4) is 0 Å². The fourth-order valence-corrected chi connectivity index (χ4v) is 5.49. The van der Waals surface area contributed by atoms with Gasteiger partial charge >= 0.3 is 0 Å². The smallest absolute Gasteiger partial charge is 0.273 e. The second-order valence-corrected chi connectivity index (χ2v) is 10.0. The molecule has 0 radical (unpaired) electrons. The summed E-state index contributed by atoms with van der Waals surface area (Å²) >= 11 is 12.4. The SMILES string of the molecule is CCNC(=O)c1nc(Cl)c(N2CCN(C3CCN(C(=O)c4ccc(Cl)cc4)CC3)[C@@H](CC)C2)nc1N. The van der Waals surface area contributed by atoms with Crippen molar-refractivity contribution in [1.82, 2.24) is 25.1 Å². The standard InChI is InChI=1S/C25H33Cl2N7O2/c1-3-18-15-33(23-21(27)30-20(22(28)31-23)24(35)29-4-2)13-14-34(18)19-9-11-32(12-10-19)25(36)16-5-7-17(26)8-6-16/h5-8,18-19H,3-4,9-15H2,1-2H3,(H2,28,31)(H,29,35)/t18-/m0/s1. The quantitative estimate of drug-likeness (QED) is 0.586. The van der Waals surface area contributed by atoms with Crippen LogP contribution in [0.1, 0.15) is 54.0 Å². The first-order valence-corrected chi connectivity index (χ1v) is 13.2. The number of hydrogen-bond donors (Lipinski definition) is 2. The first-order chi connectivity index (χ1) is 17.3. The fraction of sp³-hybridized carbons (Fsp3) is 0.520. The Morgan fingerprint density at radius 2 is 1.75 bits per heavy atom. The molecule has 1 atom stereocenters. The summed E-state index contributed by atoms with van der Waals surface area (Å²) in [5, 5.41) is 3.49. The molecule has 1 aromatic heterocycles. The van der Waals surface area contributed by atoms with Gasteiger partial charge in [-0.05, 0) is 50.5 Å². The van der Waals surface area contributed by atoms with E-state index in [1.165, 1.54) is 0 Å². The third-order valence-corrected chi connectivity index (χ3v) is 7.53. The summed E-state index contributed by atoms with van der Waals surface area (Å²) in [5.41, 5.74) is 6.78. The molecule has 194 valence electrons. The lowest BCUT2D eigenvalue weighted by Crippen LogP contribution is -2.58. The largest absolute Gasteiger partial charge is 0.382 e. The van der Waals surface area contributed by atoms with Crippen LogP contribution in [-0.4, -0.2) is 82.9 Å². The molecule has 3 heterocycles. The van der Waals surface area contributed by atoms with Gasteiger partial charge in [0.25, 0.3) is 11.8 Å². The lowest BCUT2D eigenvalue weighted by molar-refractivity contribution is 0.0490. The summed E-state index contributed by atoms with van der Waals surface area (Å²) in [5.74, 6) is 0.272. The summed E-state index contributed by atoms with van der Waals surface area (Å²) in [6.07, 6.45) is 2.84. The number of carbonyl (C=O) groups excluding carboxylic acids is 2. The number of nitrogens with one attached hydrogen (secondary N) is 1. The number of rotatable bonds is 6. The molecule has 11 heteroatoms. The predicted octanol–water partition coefficient (Wildman–Crippen LogP) is 3.32. The van der Waals surface area contributed by atoms with Crippen LogP contribution in [0.2, 0.25) is 10.2 Å². The molecule has 36 heavy (non-hydrogen) atoms. The zero-order valence-corrected chi connectivity index (χ0v) is 22.2. The van der Waals surface area contributed by atoms with E-state index in [2.05, 4.69) is 32.0 Å². The van der Waals surface area contributed by atoms with Gasteiger partial charge in [0.2, 0.25) is 0 Å². The van der Waals surface area contributed by atoms with Crippen LogP contribution in [-0.2, 0) is 0 Å². The predicted molar refractivity (Wildman–Crippen MR) is 143 cm³/mol. The highest BCUT2D eigenvalue weighted by Gasteiger charge is 2.35. The summed E-state index contributed by atoms with van der Waals surface area (Å²) in [6, 6.07) is 7.80. The molecular weight excluding hydrogens is 501 g/mol. The third kappa shape index (κ3) is 5.68. The second-order valence-electron chi connectivity index (χ2n) is 9.21. The minimum atomic E-state index is -0.381. The minimum absolute atomic E-state index is 0.0520. The highest BCUT2D eigenvalue weighted by molar-refractivity contribution is 6.32. The van der Waals surface area contributed by atoms with E-state index in [-0.39, 0.29) is 28.5 Å². The molecule has 2 amide bonds. The number of amides is 2. The summed E-state index contributed by atoms with van der Waals surface area (Å²) in [6.45, 7) is 8.26. The van der Waals surface area contributed by atoms with Crippen LogP contribution in [0, 0.1) is 0 Å². The highest BCUT2D eigenvalue weighted by Crippen LogP contribution is 2.30. The molecule has 2 aliphatic heterocycles. The average molecular weight is 534 g/mol. The van der Waals surface area contributed by atoms with Crippen molar-refractivity contribution >= 4 is 46.7 Å². The van der Waals surface area contributed by atoms with Gasteiger partial charge in [-0.3, -0.25) is 14.5 Å². The number of aromatic nitrogens is 2. The number of hydrogen-bond acceptors (Lipinski definition) is 7. The maximum absolute atomic E-state index is 12.9. The van der Waals surface area contributed by atoms with E-state index in [1.54, 1.807) is 24.3 Å². The number of benzene rings is 1. The summed E-state index contributed by atoms with van der Waals surface area (Å²) in [4.78, 5) is 40.4. The van der Waals surface area contributed by atoms with Crippen LogP contribution in [0.5, 0.6) is 0 Å². The first kappa shape index (κ1) is 26.4. The van der Waals surface area contributed by atoms with Crippen LogP contribution in [0.4, 0.5) is 11.6 Å². The van der Waals surface area contributed by atoms with E-state index in [9.17, 15) is 9.59 Å². The van der Waals surface area contributed by atoms with Gasteiger partial charge < -0.3 is 20.9 Å². The van der Waals surface area contributed by atoms with E-state index >= 15 is 0 Å². The molecule has 0 unspecified atom stereocenters. The molecule has 9 nitrogen and oxygen atoms in total. The number of piperidine rings is 1. The lowest BCUT2D eigenvalue weighted by Gasteiger charge is -2.47. The molecule has 0 spiro atoms. The zero-order valence-electron chi connectivity index (χ0n) is 20.7. The number of likely N-dealkylation sites (tertiary alicyclic amines) is 1. The monoisotopic (exact) mass is 533 g/mol. The van der Waals surface area contributed by atoms with Gasteiger partial charge in [0.05, 0.1) is 0 Å². The van der Waals surface area contributed by atoms with Gasteiger partial charge in [-0.25, -0.2) is 9.97 Å². The third-order valence-electron chi connectivity index (χ3n) is 7.03. The molecule has 0 aliphatic carbocycles. The number of carbonyl (C=O) groups is 2. The van der Waals surface area contributed by atoms with Crippen LogP contribution in [0.15, 0.2) is 24.3 Å². The zero-order chi connectivity index (χ0) is 25.8. The number of piperazine rings is 1. The molecule has 4 rings (SSSR count). The van der Waals surface area contributed by atoms with Crippen molar-refractivity contribution in [1.29, 1.82) is 0 Å². The van der Waals surface area contributed by atoms with Crippen molar-refractivity contribution < 1.29 is 9.59 Å². The Morgan fingerprint density at radius 3 is 2.39 bits per heavy atom. The fourth-order valence-electron chi connectivity index (χ4n) is 5.11. The molecule has 2 aliphatic rings. The van der Waals surface area contributed by atoms with E-state index in [4.69, 9.17) is 28.9 Å². The van der Waals surface area contributed by atoms with Crippen molar-refractivity contribution in [2.75, 3.05) is 49.9 Å². The summed E-state index contributed by atoms with van der Waals surface area (Å²) in [7, 11) is 0. The molecule has 2 aromatic rings. The molecule has 2 saturated heterocycles. The molecule has 0 bridgehead atoms. The topological polar surface area (TPSA) is 108 Å². The lowest BCUT2D eigenvalue weighted by atomic mass is 9.97. The Bertz CT molecular complexity index is 1090. The Morgan fingerprint density at radius 1 is 1.06 bits per heavy atom. The molecule has 1 aromatic carbocycles. The average Bonchev–Trinajstić information content (AvgIpc) is 2.89. The first-order valence-electron chi connectivity index (χ1n) is 12.5. The summed E-state index contributed by atoms with van der Waals surface area (Å²) < 4.78 is 0. The Balaban J connectivity index is 1.38. The highest BCUT2D eigenvalue weighted by atomic mass is 35.5. The molecule has 0 saturated carbocycles. The Kier molecular flexibility index (Phi) is 8.54. The van der Waals surface area contributed by atoms with Gasteiger partial charge in [0.1, 0.15) is 0 Å². The van der Waals surface area contributed by atoms with E-state index in [0.29, 0.717) is 35.0 Å². The number of nitrogens with two attached hydrogens (primary N) is 1. The second kappa shape index (κ2) is 11.6. The van der Waals surface area contributed by atoms with Crippen molar-refractivity contribution in [3.05, 3.63) is 45.7 Å². The minimum Gasteiger partial charge on any atom is -0.382 e. The van der Waals surface area contributed by atoms with Crippen molar-refractivity contribution in [2.24, 2.45) is 0 Å². The van der Waals surface area contributed by atoms with Crippen molar-refractivity contribution in [3.63, 3.8) is 0 Å². The molecule has 3 N–H and O–H groups in total. The molecular formula is C25H33Cl2N7O2. The van der Waals surface area contributed by atoms with Crippen LogP contribution >= 0.6 is 23.2 Å². The number of nitrogen functional groups attached to an aromatic ring is 1. The van der Waals surface area contributed by atoms with Crippen LogP contribution < -0.4 is 16.0 Å². The van der Waals surface area contributed by atoms with Gasteiger partial charge in [-0.15, -0.1) is 0 Å². The maximum atomic E-state index is 12.9. The number of nitrogens with zero attached hydrogens (tertiary/aromatic N) is 5. The Hall–Kier alpha value is -2.62. The molecule has 2 fully saturated rings. The number of anilines is 2. The van der Waals surface area contributed by atoms with Gasteiger partial charge in [-0.1, -0.05) is 30.1 Å². The van der Waals surface area contributed by atoms with Crippen LogP contribution in [0.25, 0.3) is 0 Å². The van der Waals surface area contributed by atoms with Gasteiger partial charge in [0.15, 0.2) is 22.5 Å². The van der Waals surface area contributed by atoms with Crippen molar-refractivity contribution in [3.8, 4) is 0 Å². The van der Waals surface area contributed by atoms with E-state index in [0.717, 1.165) is 52.0 Å². The normalized spacial score (nSPS) is 19.4.